The Bertz CT molecular complexity index is 615. The number of aromatic amines is 1. The van der Waals surface area contributed by atoms with E-state index in [0.717, 1.165) is 11.1 Å². The maximum Gasteiger partial charge on any atom is 0.293 e. The van der Waals surface area contributed by atoms with Gasteiger partial charge in [-0.15, -0.1) is 0 Å². The van der Waals surface area contributed by atoms with Crippen LogP contribution in [0.3, 0.4) is 0 Å². The molecule has 1 aromatic carbocycles. The van der Waals surface area contributed by atoms with Crippen molar-refractivity contribution in [1.82, 2.24) is 4.98 Å². The van der Waals surface area contributed by atoms with Crippen LogP contribution < -0.4 is 4.74 Å². The number of methoxy groups -OCH3 is 1. The number of hydrogen-bond donors (Lipinski definition) is 1. The summed E-state index contributed by atoms with van der Waals surface area (Å²) in [5.41, 5.74) is 1.97. The van der Waals surface area contributed by atoms with Gasteiger partial charge in [0, 0.05) is 6.20 Å². The summed E-state index contributed by atoms with van der Waals surface area (Å²) in [6.07, 6.45) is 1.48. The number of hydrogen-bond acceptors (Lipinski definition) is 3. The molecular weight excluding hydrogens is 242 g/mol. The average molecular weight is 252 g/mol. The van der Waals surface area contributed by atoms with Crippen LogP contribution >= 0.6 is 11.6 Å². The van der Waals surface area contributed by atoms with Gasteiger partial charge in [0.05, 0.1) is 23.6 Å². The molecule has 4 nitrogen and oxygen atoms in total. The molecular formula is C12H10ClNO3. The maximum absolute atomic E-state index is 11.6. The molecule has 0 radical (unpaired) electrons. The fourth-order valence-electron chi connectivity index (χ4n) is 1.81. The molecule has 1 heterocycles. The Morgan fingerprint density at radius 3 is 2.65 bits per heavy atom. The zero-order chi connectivity index (χ0) is 12.6. The molecule has 0 spiro atoms. The largest absolute Gasteiger partial charge is 0.496 e. The van der Waals surface area contributed by atoms with Crippen molar-refractivity contribution in [2.45, 2.75) is 6.92 Å². The predicted octanol–water partition coefficient (Wildman–Crippen LogP) is 2.43. The fourth-order valence-corrected chi connectivity index (χ4v) is 1.91. The van der Waals surface area contributed by atoms with Crippen LogP contribution in [0.5, 0.6) is 5.75 Å². The van der Waals surface area contributed by atoms with Crippen molar-refractivity contribution < 1.29 is 14.3 Å². The molecule has 2 rings (SSSR count). The highest BCUT2D eigenvalue weighted by molar-refractivity contribution is 6.83. The van der Waals surface area contributed by atoms with Crippen LogP contribution in [-0.4, -0.2) is 23.1 Å². The summed E-state index contributed by atoms with van der Waals surface area (Å²) in [6, 6.07) is 3.62. The molecule has 5 heteroatoms. The van der Waals surface area contributed by atoms with E-state index in [2.05, 4.69) is 4.98 Å². The summed E-state index contributed by atoms with van der Waals surface area (Å²) in [7, 11) is 1.51. The molecule has 2 aromatic rings. The van der Waals surface area contributed by atoms with Gasteiger partial charge in [-0.05, 0) is 30.2 Å². The second-order valence-electron chi connectivity index (χ2n) is 3.64. The molecule has 0 unspecified atom stereocenters. The minimum Gasteiger partial charge on any atom is -0.496 e. The van der Waals surface area contributed by atoms with Gasteiger partial charge in [-0.2, -0.15) is 0 Å². The SMILES string of the molecule is COc1ccc(C)c2[nH]cc(C(=O)C(=O)Cl)c12. The second-order valence-corrected chi connectivity index (χ2v) is 3.98. The molecule has 0 aliphatic heterocycles. The van der Waals surface area contributed by atoms with Crippen LogP contribution in [0, 0.1) is 6.92 Å². The maximum atomic E-state index is 11.6. The lowest BCUT2D eigenvalue weighted by Gasteiger charge is -2.05. The van der Waals surface area contributed by atoms with Gasteiger partial charge in [-0.25, -0.2) is 0 Å². The zero-order valence-corrected chi connectivity index (χ0v) is 10.1. The number of Topliss-reactive ketones (excluding diaryl/α,β-unsaturated/α-hetero) is 1. The Hall–Kier alpha value is -1.81. The molecule has 0 bridgehead atoms. The van der Waals surface area contributed by atoms with Crippen LogP contribution in [0.15, 0.2) is 18.3 Å². The Kier molecular flexibility index (Phi) is 2.90. The lowest BCUT2D eigenvalue weighted by atomic mass is 10.1. The number of ketones is 1. The summed E-state index contributed by atoms with van der Waals surface area (Å²) >= 11 is 5.21. The summed E-state index contributed by atoms with van der Waals surface area (Å²) in [4.78, 5) is 25.5. The van der Waals surface area contributed by atoms with Gasteiger partial charge in [0.25, 0.3) is 5.24 Å². The number of fused-ring (bicyclic) bond motifs is 1. The molecule has 1 N–H and O–H groups in total. The van der Waals surface area contributed by atoms with E-state index in [9.17, 15) is 9.59 Å². The molecule has 17 heavy (non-hydrogen) atoms. The Morgan fingerprint density at radius 1 is 1.35 bits per heavy atom. The van der Waals surface area contributed by atoms with Crippen molar-refractivity contribution in [1.29, 1.82) is 0 Å². The van der Waals surface area contributed by atoms with Gasteiger partial charge in [0.15, 0.2) is 0 Å². The van der Waals surface area contributed by atoms with Crippen LogP contribution in [0.2, 0.25) is 0 Å². The van der Waals surface area contributed by atoms with Crippen LogP contribution in [0.1, 0.15) is 15.9 Å². The highest BCUT2D eigenvalue weighted by atomic mass is 35.5. The van der Waals surface area contributed by atoms with Crippen LogP contribution in [0.25, 0.3) is 10.9 Å². The molecule has 1 aromatic heterocycles. The van der Waals surface area contributed by atoms with E-state index in [1.54, 1.807) is 6.07 Å². The van der Waals surface area contributed by atoms with Crippen molar-refractivity contribution in [2.75, 3.05) is 7.11 Å². The van der Waals surface area contributed by atoms with Gasteiger partial charge in [0.2, 0.25) is 5.78 Å². The van der Waals surface area contributed by atoms with Crippen molar-refractivity contribution in [3.63, 3.8) is 0 Å². The average Bonchev–Trinajstić information content (AvgIpc) is 2.74. The van der Waals surface area contributed by atoms with Gasteiger partial charge in [-0.1, -0.05) is 6.07 Å². The highest BCUT2D eigenvalue weighted by Gasteiger charge is 2.21. The molecule has 0 aliphatic rings. The monoisotopic (exact) mass is 251 g/mol. The second kappa shape index (κ2) is 4.22. The number of carbonyl (C=O) groups is 2. The Morgan fingerprint density at radius 2 is 2.06 bits per heavy atom. The van der Waals surface area contributed by atoms with Crippen molar-refractivity contribution in [3.8, 4) is 5.75 Å². The lowest BCUT2D eigenvalue weighted by Crippen LogP contribution is -2.06. The third-order valence-corrected chi connectivity index (χ3v) is 2.82. The predicted molar refractivity (Wildman–Crippen MR) is 64.8 cm³/mol. The topological polar surface area (TPSA) is 59.2 Å². The molecule has 0 amide bonds. The van der Waals surface area contributed by atoms with Gasteiger partial charge < -0.3 is 9.72 Å². The first-order valence-electron chi connectivity index (χ1n) is 4.95. The minimum absolute atomic E-state index is 0.237. The summed E-state index contributed by atoms with van der Waals surface area (Å²) in [5.74, 6) is -0.199. The Labute approximate surface area is 103 Å². The zero-order valence-electron chi connectivity index (χ0n) is 9.33. The van der Waals surface area contributed by atoms with Crippen molar-refractivity contribution >= 4 is 33.5 Å². The smallest absolute Gasteiger partial charge is 0.293 e. The number of carbonyl (C=O) groups excluding carboxylic acids is 2. The molecule has 0 atom stereocenters. The molecule has 0 saturated carbocycles. The van der Waals surface area contributed by atoms with E-state index in [0.29, 0.717) is 11.1 Å². The number of rotatable bonds is 3. The first-order chi connectivity index (χ1) is 8.06. The first-order valence-corrected chi connectivity index (χ1v) is 5.33. The number of halogens is 1. The molecule has 88 valence electrons. The van der Waals surface area contributed by atoms with E-state index in [1.165, 1.54) is 13.3 Å². The van der Waals surface area contributed by atoms with E-state index in [-0.39, 0.29) is 5.56 Å². The minimum atomic E-state index is -1.01. The highest BCUT2D eigenvalue weighted by Crippen LogP contribution is 2.31. The molecule has 0 saturated heterocycles. The van der Waals surface area contributed by atoms with Gasteiger partial charge in [0.1, 0.15) is 5.75 Å². The van der Waals surface area contributed by atoms with Gasteiger partial charge >= 0.3 is 0 Å². The van der Waals surface area contributed by atoms with Crippen LogP contribution in [0.4, 0.5) is 0 Å². The normalized spacial score (nSPS) is 10.5. The fraction of sp³-hybridized carbons (Fsp3) is 0.167. The summed E-state index contributed by atoms with van der Waals surface area (Å²) < 4.78 is 5.18. The van der Waals surface area contributed by atoms with Gasteiger partial charge in [-0.3, -0.25) is 9.59 Å². The number of benzene rings is 1. The van der Waals surface area contributed by atoms with E-state index in [4.69, 9.17) is 16.3 Å². The number of nitrogens with one attached hydrogen (secondary N) is 1. The van der Waals surface area contributed by atoms with E-state index >= 15 is 0 Å². The van der Waals surface area contributed by atoms with Crippen molar-refractivity contribution in [2.24, 2.45) is 0 Å². The first kappa shape index (κ1) is 11.7. The lowest BCUT2D eigenvalue weighted by molar-refractivity contribution is -0.108. The number of H-pyrrole nitrogens is 1. The quantitative estimate of drug-likeness (QED) is 0.518. The third-order valence-electron chi connectivity index (χ3n) is 2.65. The van der Waals surface area contributed by atoms with Crippen molar-refractivity contribution in [3.05, 3.63) is 29.5 Å². The standard InChI is InChI=1S/C12H10ClNO3/c1-6-3-4-8(17-2)9-7(5-14-10(6)9)11(15)12(13)16/h3-5,14H,1-2H3. The molecule has 0 fully saturated rings. The number of ether oxygens (including phenoxy) is 1. The number of aryl methyl sites for hydroxylation is 1. The van der Waals surface area contributed by atoms with E-state index < -0.39 is 11.0 Å². The summed E-state index contributed by atoms with van der Waals surface area (Å²) in [6.45, 7) is 1.90. The summed E-state index contributed by atoms with van der Waals surface area (Å²) in [5, 5.41) is -0.416. The third kappa shape index (κ3) is 1.80. The number of aromatic nitrogens is 1. The molecule has 0 aliphatic carbocycles. The van der Waals surface area contributed by atoms with Crippen LogP contribution in [-0.2, 0) is 4.79 Å². The Balaban J connectivity index is 2.78. The van der Waals surface area contributed by atoms with E-state index in [1.807, 2.05) is 13.0 Å².